The zero-order valence-corrected chi connectivity index (χ0v) is 16.7. The van der Waals surface area contributed by atoms with Gasteiger partial charge < -0.3 is 0 Å². The second-order valence-electron chi connectivity index (χ2n) is 8.70. The van der Waals surface area contributed by atoms with Crippen LogP contribution in [-0.2, 0) is 14.4 Å². The third kappa shape index (κ3) is 3.47. The summed E-state index contributed by atoms with van der Waals surface area (Å²) in [5, 5.41) is 2.09. The van der Waals surface area contributed by atoms with Gasteiger partial charge in [-0.3, -0.25) is 19.2 Å². The third-order valence-electron chi connectivity index (χ3n) is 5.65. The fourth-order valence-electron chi connectivity index (χ4n) is 3.51. The summed E-state index contributed by atoms with van der Waals surface area (Å²) in [6, 6.07) is 11.4. The van der Waals surface area contributed by atoms with Crippen molar-refractivity contribution in [3.63, 3.8) is 0 Å². The Morgan fingerprint density at radius 2 is 1.29 bits per heavy atom. The lowest BCUT2D eigenvalue weighted by Crippen LogP contribution is -2.45. The molecule has 0 atom stereocenters. The van der Waals surface area contributed by atoms with Gasteiger partial charge in [-0.05, 0) is 47.4 Å². The first-order valence-electron chi connectivity index (χ1n) is 9.42. The number of hydrogen-bond acceptors (Lipinski definition) is 4. The Morgan fingerprint density at radius 3 is 1.89 bits per heavy atom. The Bertz CT molecular complexity index is 1010. The number of rotatable bonds is 0. The van der Waals surface area contributed by atoms with Crippen LogP contribution in [0.2, 0.25) is 0 Å². The maximum atomic E-state index is 11.7. The molecule has 1 fully saturated rings. The Kier molecular flexibility index (Phi) is 4.92. The van der Waals surface area contributed by atoms with Gasteiger partial charge in [-0.25, -0.2) is 0 Å². The van der Waals surface area contributed by atoms with Crippen LogP contribution in [0.3, 0.4) is 0 Å². The first-order chi connectivity index (χ1) is 13.0. The molecule has 2 aliphatic carbocycles. The van der Waals surface area contributed by atoms with E-state index in [1.54, 1.807) is 12.1 Å². The molecule has 2 aromatic rings. The molecule has 0 aromatic heterocycles. The van der Waals surface area contributed by atoms with Gasteiger partial charge in [-0.1, -0.05) is 58.0 Å². The van der Waals surface area contributed by atoms with Gasteiger partial charge in [0.15, 0.2) is 0 Å². The van der Waals surface area contributed by atoms with Gasteiger partial charge in [-0.15, -0.1) is 0 Å². The van der Waals surface area contributed by atoms with E-state index in [4.69, 9.17) is 0 Å². The largest absolute Gasteiger partial charge is 0.290 e. The fraction of sp³-hybridized carbons (Fsp3) is 0.333. The van der Waals surface area contributed by atoms with Crippen molar-refractivity contribution in [1.29, 1.82) is 0 Å². The van der Waals surface area contributed by atoms with Crippen LogP contribution >= 0.6 is 0 Å². The molecule has 0 saturated heterocycles. The third-order valence-corrected chi connectivity index (χ3v) is 5.65. The Hall–Kier alpha value is -2.88. The van der Waals surface area contributed by atoms with Crippen molar-refractivity contribution in [3.8, 4) is 0 Å². The van der Waals surface area contributed by atoms with E-state index in [0.29, 0.717) is 5.56 Å². The van der Waals surface area contributed by atoms with E-state index in [1.165, 1.54) is 6.08 Å². The molecule has 0 bridgehead atoms. The Labute approximate surface area is 164 Å². The van der Waals surface area contributed by atoms with Crippen LogP contribution in [-0.4, -0.2) is 23.1 Å². The smallest absolute Gasteiger partial charge is 0.233 e. The summed E-state index contributed by atoms with van der Waals surface area (Å²) in [6.07, 6.45) is 4.72. The van der Waals surface area contributed by atoms with Gasteiger partial charge >= 0.3 is 0 Å². The molecular weight excluding hydrogens is 352 g/mol. The summed E-state index contributed by atoms with van der Waals surface area (Å²) < 4.78 is 0. The van der Waals surface area contributed by atoms with Crippen molar-refractivity contribution in [3.05, 3.63) is 53.6 Å². The van der Waals surface area contributed by atoms with Crippen LogP contribution in [0.1, 0.15) is 56.5 Å². The van der Waals surface area contributed by atoms with E-state index < -0.39 is 22.4 Å². The minimum atomic E-state index is -0.442. The Morgan fingerprint density at radius 1 is 0.714 bits per heavy atom. The zero-order valence-electron chi connectivity index (χ0n) is 16.7. The predicted molar refractivity (Wildman–Crippen MR) is 109 cm³/mol. The number of hydrogen-bond donors (Lipinski definition) is 0. The number of benzene rings is 2. The predicted octanol–water partition coefficient (Wildman–Crippen LogP) is 4.59. The van der Waals surface area contributed by atoms with Gasteiger partial charge in [0.2, 0.25) is 23.1 Å². The first-order valence-corrected chi connectivity index (χ1v) is 9.42. The molecule has 2 aromatic carbocycles. The van der Waals surface area contributed by atoms with Crippen LogP contribution in [0.15, 0.2) is 42.5 Å². The molecule has 1 saturated carbocycles. The maximum absolute atomic E-state index is 11.7. The topological polar surface area (TPSA) is 68.3 Å². The van der Waals surface area contributed by atoms with E-state index in [0.717, 1.165) is 29.2 Å². The molecule has 0 heterocycles. The molecule has 0 radical (unpaired) electrons. The van der Waals surface area contributed by atoms with E-state index >= 15 is 0 Å². The molecule has 4 nitrogen and oxygen atoms in total. The second-order valence-corrected chi connectivity index (χ2v) is 8.70. The normalized spacial score (nSPS) is 19.9. The molecule has 0 aliphatic heterocycles. The molecular formula is C24H24O4. The van der Waals surface area contributed by atoms with Gasteiger partial charge in [0.25, 0.3) is 0 Å². The lowest BCUT2D eigenvalue weighted by molar-refractivity contribution is -0.150. The van der Waals surface area contributed by atoms with Gasteiger partial charge in [0.1, 0.15) is 0 Å². The lowest BCUT2D eigenvalue weighted by atomic mass is 9.65. The number of ketones is 4. The van der Waals surface area contributed by atoms with Crippen molar-refractivity contribution < 1.29 is 19.2 Å². The molecule has 144 valence electrons. The SMILES string of the molecule is CC1(C)CCC(C)(C)C(=O)C1=O.O=C1C=Cc2c(ccc3ccccc23)C1=O. The second kappa shape index (κ2) is 6.93. The Balaban J connectivity index is 0.000000169. The fourth-order valence-corrected chi connectivity index (χ4v) is 3.51. The summed E-state index contributed by atoms with van der Waals surface area (Å²) in [5.74, 6) is -1.25. The number of Topliss-reactive ketones (excluding diaryl/α,β-unsaturated/α-hetero) is 3. The molecule has 4 rings (SSSR count). The van der Waals surface area contributed by atoms with Crippen LogP contribution in [0.4, 0.5) is 0 Å². The highest BCUT2D eigenvalue weighted by Gasteiger charge is 2.45. The standard InChI is InChI=1S/C14H8O2.C10H16O2/c15-13-8-7-11-10-4-2-1-3-9(10)5-6-12(11)14(13)16;1-9(2)5-6-10(3,4)8(12)7(9)11/h1-8H;5-6H2,1-4H3. The van der Waals surface area contributed by atoms with E-state index in [-0.39, 0.29) is 11.6 Å². The highest BCUT2D eigenvalue weighted by atomic mass is 16.2. The minimum Gasteiger partial charge on any atom is -0.290 e. The molecule has 28 heavy (non-hydrogen) atoms. The molecule has 0 amide bonds. The molecule has 4 heteroatoms. The van der Waals surface area contributed by atoms with Crippen molar-refractivity contribution >= 4 is 40.0 Å². The van der Waals surface area contributed by atoms with Crippen LogP contribution in [0.5, 0.6) is 0 Å². The summed E-state index contributed by atoms with van der Waals surface area (Å²) >= 11 is 0. The van der Waals surface area contributed by atoms with Gasteiger partial charge in [0, 0.05) is 16.4 Å². The van der Waals surface area contributed by atoms with E-state index in [9.17, 15) is 19.2 Å². The van der Waals surface area contributed by atoms with Crippen LogP contribution in [0.25, 0.3) is 16.8 Å². The molecule has 2 aliphatic rings. The van der Waals surface area contributed by atoms with Crippen molar-refractivity contribution in [2.45, 2.75) is 40.5 Å². The van der Waals surface area contributed by atoms with E-state index in [2.05, 4.69) is 0 Å². The molecule has 0 unspecified atom stereocenters. The maximum Gasteiger partial charge on any atom is 0.233 e. The summed E-state index contributed by atoms with van der Waals surface area (Å²) in [5.41, 5.74) is 0.507. The van der Waals surface area contributed by atoms with Crippen molar-refractivity contribution in [1.82, 2.24) is 0 Å². The van der Waals surface area contributed by atoms with Crippen molar-refractivity contribution in [2.75, 3.05) is 0 Å². The monoisotopic (exact) mass is 376 g/mol. The average Bonchev–Trinajstić information content (AvgIpc) is 2.67. The average molecular weight is 376 g/mol. The number of carbonyl (C=O) groups excluding carboxylic acids is 4. The van der Waals surface area contributed by atoms with Crippen LogP contribution < -0.4 is 0 Å². The van der Waals surface area contributed by atoms with Gasteiger partial charge in [0.05, 0.1) is 0 Å². The lowest BCUT2D eigenvalue weighted by Gasteiger charge is -2.35. The first kappa shape index (κ1) is 19.9. The quantitative estimate of drug-likeness (QED) is 0.631. The molecule has 0 N–H and O–H groups in total. The zero-order chi connectivity index (χ0) is 20.7. The number of carbonyl (C=O) groups is 4. The minimum absolute atomic E-state index is 0.196. The highest BCUT2D eigenvalue weighted by Crippen LogP contribution is 2.39. The summed E-state index contributed by atoms with van der Waals surface area (Å²) in [4.78, 5) is 45.9. The molecule has 0 spiro atoms. The van der Waals surface area contributed by atoms with E-state index in [1.807, 2.05) is 58.0 Å². The van der Waals surface area contributed by atoms with Crippen LogP contribution in [0, 0.1) is 10.8 Å². The van der Waals surface area contributed by atoms with Gasteiger partial charge in [-0.2, -0.15) is 0 Å². The summed E-state index contributed by atoms with van der Waals surface area (Å²) in [6.45, 7) is 7.40. The number of fused-ring (bicyclic) bond motifs is 3. The number of allylic oxidation sites excluding steroid dienone is 1. The van der Waals surface area contributed by atoms with Crippen molar-refractivity contribution in [2.24, 2.45) is 10.8 Å². The summed E-state index contributed by atoms with van der Waals surface area (Å²) in [7, 11) is 0. The highest BCUT2D eigenvalue weighted by molar-refractivity contribution is 6.50.